The number of aromatic nitrogens is 2. The first-order valence-electron chi connectivity index (χ1n) is 6.46. The van der Waals surface area contributed by atoms with Crippen LogP contribution < -0.4 is 5.73 Å². The minimum absolute atomic E-state index is 0.210. The molecule has 0 bridgehead atoms. The first-order valence-corrected chi connectivity index (χ1v) is 6.84. The van der Waals surface area contributed by atoms with E-state index in [1.165, 1.54) is 0 Å². The van der Waals surface area contributed by atoms with E-state index in [4.69, 9.17) is 22.1 Å². The van der Waals surface area contributed by atoms with Crippen LogP contribution in [0.4, 0.5) is 0 Å². The predicted molar refractivity (Wildman–Crippen MR) is 78.4 cm³/mol. The second-order valence-corrected chi connectivity index (χ2v) is 6.34. The number of halogens is 1. The van der Waals surface area contributed by atoms with E-state index in [0.717, 1.165) is 18.8 Å². The van der Waals surface area contributed by atoms with Gasteiger partial charge in [-0.3, -0.25) is 4.68 Å². The Balaban J connectivity index is 2.72. The summed E-state index contributed by atoms with van der Waals surface area (Å²) in [5, 5.41) is 4.88. The molecule has 0 aliphatic heterocycles. The number of rotatable bonds is 6. The van der Waals surface area contributed by atoms with Crippen LogP contribution in [-0.4, -0.2) is 47.5 Å². The highest BCUT2D eigenvalue weighted by atomic mass is 35.5. The summed E-state index contributed by atoms with van der Waals surface area (Å²) in [4.78, 5) is 2.09. The maximum absolute atomic E-state index is 6.17. The summed E-state index contributed by atoms with van der Waals surface area (Å²) in [6, 6.07) is -0.267. The molecule has 0 radical (unpaired) electrons. The minimum Gasteiger partial charge on any atom is -0.374 e. The highest BCUT2D eigenvalue weighted by molar-refractivity contribution is 6.31. The Kier molecular flexibility index (Phi) is 5.80. The van der Waals surface area contributed by atoms with Crippen LogP contribution in [0.15, 0.2) is 6.20 Å². The average molecular weight is 289 g/mol. The van der Waals surface area contributed by atoms with E-state index >= 15 is 0 Å². The van der Waals surface area contributed by atoms with Crippen molar-refractivity contribution in [3.63, 3.8) is 0 Å². The highest BCUT2D eigenvalue weighted by Crippen LogP contribution is 2.22. The Morgan fingerprint density at radius 1 is 1.47 bits per heavy atom. The van der Waals surface area contributed by atoms with Crippen LogP contribution in [0.25, 0.3) is 0 Å². The standard InChI is InChI=1S/C13H25ClN4O/c1-13(2,3)19-9-11(15)12-10(14)8-16-18(12)7-6-17(4)5/h8,11H,6-7,9,15H2,1-5H3. The molecule has 0 spiro atoms. The van der Waals surface area contributed by atoms with E-state index < -0.39 is 0 Å². The molecule has 19 heavy (non-hydrogen) atoms. The second kappa shape index (κ2) is 6.70. The fraction of sp³-hybridized carbons (Fsp3) is 0.769. The van der Waals surface area contributed by atoms with E-state index in [1.807, 2.05) is 39.5 Å². The largest absolute Gasteiger partial charge is 0.374 e. The Hall–Kier alpha value is -0.620. The third-order valence-electron chi connectivity index (χ3n) is 2.64. The molecule has 1 atom stereocenters. The van der Waals surface area contributed by atoms with Crippen molar-refractivity contribution in [3.8, 4) is 0 Å². The van der Waals surface area contributed by atoms with Gasteiger partial charge >= 0.3 is 0 Å². The van der Waals surface area contributed by atoms with Crippen molar-refractivity contribution in [2.24, 2.45) is 5.73 Å². The zero-order chi connectivity index (χ0) is 14.6. The van der Waals surface area contributed by atoms with Gasteiger partial charge in [-0.2, -0.15) is 5.10 Å². The smallest absolute Gasteiger partial charge is 0.0834 e. The van der Waals surface area contributed by atoms with Gasteiger partial charge in [0, 0.05) is 6.54 Å². The van der Waals surface area contributed by atoms with E-state index in [0.29, 0.717) is 11.6 Å². The van der Waals surface area contributed by atoms with Crippen molar-refractivity contribution in [1.82, 2.24) is 14.7 Å². The summed E-state index contributed by atoms with van der Waals surface area (Å²) >= 11 is 6.17. The summed E-state index contributed by atoms with van der Waals surface area (Å²) in [5.41, 5.74) is 6.80. The third-order valence-corrected chi connectivity index (χ3v) is 2.93. The third kappa shape index (κ3) is 5.48. The normalized spacial score (nSPS) is 14.1. The van der Waals surface area contributed by atoms with Gasteiger partial charge in [-0.05, 0) is 34.9 Å². The molecule has 0 aliphatic carbocycles. The number of nitrogens with zero attached hydrogens (tertiary/aromatic N) is 3. The van der Waals surface area contributed by atoms with Crippen molar-refractivity contribution in [2.45, 2.75) is 39.0 Å². The number of nitrogens with two attached hydrogens (primary N) is 1. The first kappa shape index (κ1) is 16.4. The van der Waals surface area contributed by atoms with Crippen molar-refractivity contribution < 1.29 is 4.74 Å². The van der Waals surface area contributed by atoms with Crippen LogP contribution in [-0.2, 0) is 11.3 Å². The average Bonchev–Trinajstić information content (AvgIpc) is 2.64. The first-order chi connectivity index (χ1) is 8.70. The Labute approximate surface area is 120 Å². The van der Waals surface area contributed by atoms with Gasteiger partial charge in [-0.1, -0.05) is 11.6 Å². The molecule has 1 rings (SSSR count). The lowest BCUT2D eigenvalue weighted by Gasteiger charge is -2.23. The Morgan fingerprint density at radius 3 is 2.63 bits per heavy atom. The SMILES string of the molecule is CN(C)CCn1ncc(Cl)c1C(N)COC(C)(C)C. The summed E-state index contributed by atoms with van der Waals surface area (Å²) in [6.45, 7) is 8.09. The number of hydrogen-bond donors (Lipinski definition) is 1. The molecule has 0 saturated carbocycles. The lowest BCUT2D eigenvalue weighted by Crippen LogP contribution is -2.29. The lowest BCUT2D eigenvalue weighted by atomic mass is 10.2. The summed E-state index contributed by atoms with van der Waals surface area (Å²) in [5.74, 6) is 0. The van der Waals surface area contributed by atoms with Gasteiger partial charge in [-0.25, -0.2) is 0 Å². The van der Waals surface area contributed by atoms with Crippen LogP contribution >= 0.6 is 11.6 Å². The molecule has 110 valence electrons. The molecule has 0 amide bonds. The number of ether oxygens (including phenoxy) is 1. The monoisotopic (exact) mass is 288 g/mol. The van der Waals surface area contributed by atoms with Crippen LogP contribution in [0.3, 0.4) is 0 Å². The van der Waals surface area contributed by atoms with E-state index in [9.17, 15) is 0 Å². The molecule has 1 aromatic rings. The molecule has 1 heterocycles. The molecule has 6 heteroatoms. The second-order valence-electron chi connectivity index (χ2n) is 5.93. The highest BCUT2D eigenvalue weighted by Gasteiger charge is 2.20. The van der Waals surface area contributed by atoms with E-state index in [-0.39, 0.29) is 11.6 Å². The van der Waals surface area contributed by atoms with E-state index in [2.05, 4.69) is 10.00 Å². The minimum atomic E-state index is -0.267. The van der Waals surface area contributed by atoms with Crippen LogP contribution in [0.1, 0.15) is 32.5 Å². The molecule has 1 aromatic heterocycles. The van der Waals surface area contributed by atoms with Gasteiger partial charge in [-0.15, -0.1) is 0 Å². The molecule has 1 unspecified atom stereocenters. The van der Waals surface area contributed by atoms with Crippen molar-refractivity contribution in [2.75, 3.05) is 27.2 Å². The topological polar surface area (TPSA) is 56.3 Å². The van der Waals surface area contributed by atoms with Gasteiger partial charge in [0.2, 0.25) is 0 Å². The quantitative estimate of drug-likeness (QED) is 0.869. The Bertz CT molecular complexity index is 398. The van der Waals surface area contributed by atoms with Crippen LogP contribution in [0.2, 0.25) is 5.02 Å². The van der Waals surface area contributed by atoms with Gasteiger partial charge in [0.15, 0.2) is 0 Å². The number of likely N-dealkylation sites (N-methyl/N-ethyl adjacent to an activating group) is 1. The molecular weight excluding hydrogens is 264 g/mol. The zero-order valence-electron chi connectivity index (χ0n) is 12.5. The number of hydrogen-bond acceptors (Lipinski definition) is 4. The summed E-state index contributed by atoms with van der Waals surface area (Å²) in [7, 11) is 4.04. The molecule has 0 saturated heterocycles. The summed E-state index contributed by atoms with van der Waals surface area (Å²) < 4.78 is 7.58. The van der Waals surface area contributed by atoms with Crippen molar-refractivity contribution in [1.29, 1.82) is 0 Å². The Morgan fingerprint density at radius 2 is 2.11 bits per heavy atom. The summed E-state index contributed by atoms with van der Waals surface area (Å²) in [6.07, 6.45) is 1.64. The van der Waals surface area contributed by atoms with Crippen molar-refractivity contribution in [3.05, 3.63) is 16.9 Å². The van der Waals surface area contributed by atoms with E-state index in [1.54, 1.807) is 6.20 Å². The lowest BCUT2D eigenvalue weighted by molar-refractivity contribution is -0.0111. The predicted octanol–water partition coefficient (Wildman–Crippen LogP) is 1.91. The van der Waals surface area contributed by atoms with Gasteiger partial charge in [0.1, 0.15) is 0 Å². The van der Waals surface area contributed by atoms with Crippen molar-refractivity contribution >= 4 is 11.6 Å². The molecular formula is C13H25ClN4O. The fourth-order valence-corrected chi connectivity index (χ4v) is 1.91. The maximum Gasteiger partial charge on any atom is 0.0834 e. The molecule has 2 N–H and O–H groups in total. The fourth-order valence-electron chi connectivity index (χ4n) is 1.63. The molecule has 0 fully saturated rings. The van der Waals surface area contributed by atoms with Crippen LogP contribution in [0, 0.1) is 0 Å². The molecule has 5 nitrogen and oxygen atoms in total. The molecule has 0 aromatic carbocycles. The van der Waals surface area contributed by atoms with Crippen LogP contribution in [0.5, 0.6) is 0 Å². The van der Waals surface area contributed by atoms with Gasteiger partial charge in [0.25, 0.3) is 0 Å². The van der Waals surface area contributed by atoms with Gasteiger partial charge < -0.3 is 15.4 Å². The maximum atomic E-state index is 6.17. The van der Waals surface area contributed by atoms with Gasteiger partial charge in [0.05, 0.1) is 41.7 Å². The zero-order valence-corrected chi connectivity index (χ0v) is 13.2. The molecule has 0 aliphatic rings.